The van der Waals surface area contributed by atoms with E-state index in [1.165, 1.54) is 0 Å². The summed E-state index contributed by atoms with van der Waals surface area (Å²) in [6, 6.07) is 13.7. The topological polar surface area (TPSA) is 51.2 Å². The lowest BCUT2D eigenvalue weighted by molar-refractivity contribution is 0.0635. The first-order valence-corrected chi connectivity index (χ1v) is 7.54. The molecule has 4 nitrogen and oxygen atoms in total. The molecule has 2 aromatic rings. The quantitative estimate of drug-likeness (QED) is 0.798. The molecule has 1 aromatic carbocycles. The van der Waals surface area contributed by atoms with Crippen LogP contribution < -0.4 is 5.32 Å². The summed E-state index contributed by atoms with van der Waals surface area (Å²) in [6.07, 6.45) is 2.44. The molecule has 1 aromatic heterocycles. The molecule has 1 atom stereocenters. The standard InChI is InChI=1S/C18H22N2O2/c1-14-9-10-17(13-20-14)18(21)19-11-6-12-22-15(2)16-7-4-3-5-8-16/h3-5,7-10,13,15H,6,11-12H2,1-2H3,(H,19,21)/t15-/m1/s1. The largest absolute Gasteiger partial charge is 0.374 e. The van der Waals surface area contributed by atoms with Crippen LogP contribution in [0.25, 0.3) is 0 Å². The van der Waals surface area contributed by atoms with Gasteiger partial charge in [-0.25, -0.2) is 0 Å². The first-order valence-electron chi connectivity index (χ1n) is 7.54. The second-order valence-electron chi connectivity index (χ2n) is 5.22. The third kappa shape index (κ3) is 4.97. The van der Waals surface area contributed by atoms with Crippen LogP contribution in [0.1, 0.15) is 41.1 Å². The Morgan fingerprint density at radius 1 is 1.23 bits per heavy atom. The van der Waals surface area contributed by atoms with Crippen molar-refractivity contribution in [1.29, 1.82) is 0 Å². The van der Waals surface area contributed by atoms with Gasteiger partial charge >= 0.3 is 0 Å². The number of nitrogens with zero attached hydrogens (tertiary/aromatic N) is 1. The zero-order chi connectivity index (χ0) is 15.8. The van der Waals surface area contributed by atoms with Crippen LogP contribution in [-0.4, -0.2) is 24.0 Å². The highest BCUT2D eigenvalue weighted by Crippen LogP contribution is 2.15. The van der Waals surface area contributed by atoms with Crippen molar-refractivity contribution >= 4 is 5.91 Å². The van der Waals surface area contributed by atoms with Crippen LogP contribution in [0.2, 0.25) is 0 Å². The van der Waals surface area contributed by atoms with Crippen LogP contribution in [-0.2, 0) is 4.74 Å². The Bertz CT molecular complexity index is 582. The Kier molecular flexibility index (Phi) is 6.10. The van der Waals surface area contributed by atoms with Gasteiger partial charge in [0, 0.05) is 25.0 Å². The number of carbonyl (C=O) groups excluding carboxylic acids is 1. The van der Waals surface area contributed by atoms with E-state index in [9.17, 15) is 4.79 Å². The van der Waals surface area contributed by atoms with Crippen molar-refractivity contribution in [3.63, 3.8) is 0 Å². The van der Waals surface area contributed by atoms with Crippen molar-refractivity contribution < 1.29 is 9.53 Å². The van der Waals surface area contributed by atoms with Gasteiger partial charge in [-0.1, -0.05) is 30.3 Å². The molecular weight excluding hydrogens is 276 g/mol. The Morgan fingerprint density at radius 3 is 2.68 bits per heavy atom. The van der Waals surface area contributed by atoms with Crippen molar-refractivity contribution in [1.82, 2.24) is 10.3 Å². The number of benzene rings is 1. The lowest BCUT2D eigenvalue weighted by Crippen LogP contribution is -2.25. The molecule has 0 bridgehead atoms. The molecular formula is C18H22N2O2. The van der Waals surface area contributed by atoms with Gasteiger partial charge in [-0.3, -0.25) is 9.78 Å². The summed E-state index contributed by atoms with van der Waals surface area (Å²) < 4.78 is 5.77. The second-order valence-corrected chi connectivity index (χ2v) is 5.22. The van der Waals surface area contributed by atoms with E-state index in [2.05, 4.69) is 22.4 Å². The normalized spacial score (nSPS) is 11.9. The first kappa shape index (κ1) is 16.2. The molecule has 0 spiro atoms. The monoisotopic (exact) mass is 298 g/mol. The van der Waals surface area contributed by atoms with E-state index in [1.54, 1.807) is 12.3 Å². The van der Waals surface area contributed by atoms with Gasteiger partial charge in [0.25, 0.3) is 5.91 Å². The maximum atomic E-state index is 11.9. The lowest BCUT2D eigenvalue weighted by Gasteiger charge is -2.13. The van der Waals surface area contributed by atoms with E-state index in [0.29, 0.717) is 18.7 Å². The summed E-state index contributed by atoms with van der Waals surface area (Å²) in [5.74, 6) is -0.0939. The van der Waals surface area contributed by atoms with Gasteiger partial charge in [0.05, 0.1) is 11.7 Å². The maximum Gasteiger partial charge on any atom is 0.252 e. The fourth-order valence-corrected chi connectivity index (χ4v) is 2.06. The Morgan fingerprint density at radius 2 is 2.00 bits per heavy atom. The van der Waals surface area contributed by atoms with Gasteiger partial charge in [0.2, 0.25) is 0 Å². The van der Waals surface area contributed by atoms with E-state index in [4.69, 9.17) is 4.74 Å². The van der Waals surface area contributed by atoms with Crippen molar-refractivity contribution in [3.8, 4) is 0 Å². The molecule has 0 radical (unpaired) electrons. The Balaban J connectivity index is 1.65. The van der Waals surface area contributed by atoms with Crippen molar-refractivity contribution in [2.24, 2.45) is 0 Å². The number of nitrogens with one attached hydrogen (secondary N) is 1. The summed E-state index contributed by atoms with van der Waals surface area (Å²) in [6.45, 7) is 5.13. The lowest BCUT2D eigenvalue weighted by atomic mass is 10.1. The number of carbonyl (C=O) groups is 1. The molecule has 1 heterocycles. The highest BCUT2D eigenvalue weighted by Gasteiger charge is 2.06. The molecule has 0 unspecified atom stereocenters. The van der Waals surface area contributed by atoms with Crippen LogP contribution >= 0.6 is 0 Å². The number of aryl methyl sites for hydroxylation is 1. The van der Waals surface area contributed by atoms with E-state index in [-0.39, 0.29) is 12.0 Å². The average molecular weight is 298 g/mol. The van der Waals surface area contributed by atoms with E-state index in [1.807, 2.05) is 38.1 Å². The summed E-state index contributed by atoms with van der Waals surface area (Å²) in [5, 5.41) is 2.87. The minimum atomic E-state index is -0.0939. The third-order valence-electron chi connectivity index (χ3n) is 3.42. The molecule has 116 valence electrons. The molecule has 0 saturated heterocycles. The predicted molar refractivity (Wildman–Crippen MR) is 86.7 cm³/mol. The minimum absolute atomic E-state index is 0.0678. The molecule has 0 saturated carbocycles. The van der Waals surface area contributed by atoms with Gasteiger partial charge in [0.15, 0.2) is 0 Å². The number of aromatic nitrogens is 1. The molecule has 4 heteroatoms. The van der Waals surface area contributed by atoms with E-state index < -0.39 is 0 Å². The fourth-order valence-electron chi connectivity index (χ4n) is 2.06. The van der Waals surface area contributed by atoms with Crippen LogP contribution in [0.4, 0.5) is 0 Å². The molecule has 0 aliphatic rings. The number of hydrogen-bond donors (Lipinski definition) is 1. The minimum Gasteiger partial charge on any atom is -0.374 e. The predicted octanol–water partition coefficient (Wildman–Crippen LogP) is 3.29. The van der Waals surface area contributed by atoms with Gasteiger partial charge in [0.1, 0.15) is 0 Å². The van der Waals surface area contributed by atoms with Gasteiger partial charge in [-0.2, -0.15) is 0 Å². The smallest absolute Gasteiger partial charge is 0.252 e. The van der Waals surface area contributed by atoms with Crippen molar-refractivity contribution in [2.75, 3.05) is 13.2 Å². The maximum absolute atomic E-state index is 11.9. The second kappa shape index (κ2) is 8.29. The van der Waals surface area contributed by atoms with Crippen LogP contribution in [0.3, 0.4) is 0 Å². The van der Waals surface area contributed by atoms with Crippen LogP contribution in [0, 0.1) is 6.92 Å². The molecule has 0 fully saturated rings. The molecule has 2 rings (SSSR count). The molecule has 0 aliphatic carbocycles. The zero-order valence-electron chi connectivity index (χ0n) is 13.1. The first-order chi connectivity index (χ1) is 10.7. The Labute approximate surface area is 131 Å². The Hall–Kier alpha value is -2.20. The SMILES string of the molecule is Cc1ccc(C(=O)NCCCO[C@H](C)c2ccccc2)cn1. The summed E-state index contributed by atoms with van der Waals surface area (Å²) >= 11 is 0. The number of rotatable bonds is 7. The third-order valence-corrected chi connectivity index (χ3v) is 3.42. The molecule has 22 heavy (non-hydrogen) atoms. The summed E-state index contributed by atoms with van der Waals surface area (Å²) in [7, 11) is 0. The van der Waals surface area contributed by atoms with E-state index in [0.717, 1.165) is 17.7 Å². The van der Waals surface area contributed by atoms with Crippen LogP contribution in [0.5, 0.6) is 0 Å². The van der Waals surface area contributed by atoms with Crippen molar-refractivity contribution in [2.45, 2.75) is 26.4 Å². The molecule has 1 amide bonds. The fraction of sp³-hybridized carbons (Fsp3) is 0.333. The summed E-state index contributed by atoms with van der Waals surface area (Å²) in [4.78, 5) is 16.0. The van der Waals surface area contributed by atoms with Gasteiger partial charge < -0.3 is 10.1 Å². The van der Waals surface area contributed by atoms with E-state index >= 15 is 0 Å². The number of ether oxygens (including phenoxy) is 1. The number of hydrogen-bond acceptors (Lipinski definition) is 3. The van der Waals surface area contributed by atoms with Crippen LogP contribution in [0.15, 0.2) is 48.7 Å². The highest BCUT2D eigenvalue weighted by atomic mass is 16.5. The number of pyridine rings is 1. The van der Waals surface area contributed by atoms with Gasteiger partial charge in [-0.15, -0.1) is 0 Å². The average Bonchev–Trinajstić information content (AvgIpc) is 2.55. The molecule has 1 N–H and O–H groups in total. The highest BCUT2D eigenvalue weighted by molar-refractivity contribution is 5.93. The zero-order valence-corrected chi connectivity index (χ0v) is 13.1. The molecule has 0 aliphatic heterocycles. The summed E-state index contributed by atoms with van der Waals surface area (Å²) in [5.41, 5.74) is 2.65. The van der Waals surface area contributed by atoms with Gasteiger partial charge in [-0.05, 0) is 38.0 Å². The van der Waals surface area contributed by atoms with Crippen molar-refractivity contribution in [3.05, 3.63) is 65.5 Å². The number of amides is 1.